The molecule has 2 aromatic heterocycles. The van der Waals surface area contributed by atoms with E-state index in [9.17, 15) is 18.0 Å². The Balaban J connectivity index is 2.79. The molecule has 0 aromatic carbocycles. The molecule has 0 unspecified atom stereocenters. The molecule has 15 heavy (non-hydrogen) atoms. The Morgan fingerprint density at radius 3 is 2.73 bits per heavy atom. The highest BCUT2D eigenvalue weighted by atomic mass is 19.4. The third-order valence-corrected chi connectivity index (χ3v) is 1.72. The van der Waals surface area contributed by atoms with Crippen LogP contribution in [-0.2, 0) is 6.18 Å². The number of hydrogen-bond donors (Lipinski definition) is 0. The SMILES string of the molecule is O=c1cc(C(F)(F)F)nc2cccnn12. The van der Waals surface area contributed by atoms with E-state index < -0.39 is 17.4 Å². The molecule has 0 spiro atoms. The standard InChI is InChI=1S/C8H4F3N3O/c9-8(10,11)5-4-7(15)14-6(13-5)2-1-3-12-14/h1-4H. The van der Waals surface area contributed by atoms with Gasteiger partial charge in [-0.25, -0.2) is 4.98 Å². The second-order valence-corrected chi connectivity index (χ2v) is 2.77. The van der Waals surface area contributed by atoms with Crippen molar-refractivity contribution in [3.63, 3.8) is 0 Å². The zero-order valence-electron chi connectivity index (χ0n) is 7.19. The Labute approximate surface area is 81.0 Å². The van der Waals surface area contributed by atoms with Gasteiger partial charge in [0.25, 0.3) is 5.56 Å². The van der Waals surface area contributed by atoms with Crippen LogP contribution >= 0.6 is 0 Å². The lowest BCUT2D eigenvalue weighted by Gasteiger charge is -2.05. The number of hydrogen-bond acceptors (Lipinski definition) is 3. The molecule has 0 fully saturated rings. The van der Waals surface area contributed by atoms with E-state index in [0.717, 1.165) is 4.52 Å². The van der Waals surface area contributed by atoms with Crippen molar-refractivity contribution in [1.82, 2.24) is 14.6 Å². The molecule has 0 bridgehead atoms. The maximum Gasteiger partial charge on any atom is 0.433 e. The van der Waals surface area contributed by atoms with E-state index in [-0.39, 0.29) is 5.65 Å². The van der Waals surface area contributed by atoms with Crippen molar-refractivity contribution in [1.29, 1.82) is 0 Å². The molecule has 4 nitrogen and oxygen atoms in total. The highest BCUT2D eigenvalue weighted by Gasteiger charge is 2.33. The van der Waals surface area contributed by atoms with E-state index in [1.165, 1.54) is 18.3 Å². The van der Waals surface area contributed by atoms with Crippen LogP contribution in [0.15, 0.2) is 29.2 Å². The predicted octanol–water partition coefficient (Wildman–Crippen LogP) is 1.11. The van der Waals surface area contributed by atoms with Gasteiger partial charge in [0, 0.05) is 12.3 Å². The fourth-order valence-electron chi connectivity index (χ4n) is 1.10. The molecule has 2 heterocycles. The molecule has 0 atom stereocenters. The molecular formula is C8H4F3N3O. The van der Waals surface area contributed by atoms with E-state index >= 15 is 0 Å². The second-order valence-electron chi connectivity index (χ2n) is 2.77. The second kappa shape index (κ2) is 3.04. The Morgan fingerprint density at radius 2 is 2.07 bits per heavy atom. The van der Waals surface area contributed by atoms with Crippen LogP contribution < -0.4 is 5.56 Å². The van der Waals surface area contributed by atoms with Crippen LogP contribution in [0.4, 0.5) is 13.2 Å². The van der Waals surface area contributed by atoms with Crippen LogP contribution in [0, 0.1) is 0 Å². The fraction of sp³-hybridized carbons (Fsp3) is 0.125. The molecule has 0 saturated heterocycles. The van der Waals surface area contributed by atoms with Gasteiger partial charge < -0.3 is 0 Å². The minimum atomic E-state index is -4.62. The number of aromatic nitrogens is 3. The molecule has 2 aromatic rings. The third-order valence-electron chi connectivity index (χ3n) is 1.72. The first-order valence-electron chi connectivity index (χ1n) is 3.91. The van der Waals surface area contributed by atoms with Crippen molar-refractivity contribution in [3.8, 4) is 0 Å². The first kappa shape index (κ1) is 9.63. The van der Waals surface area contributed by atoms with Crippen molar-refractivity contribution in [2.75, 3.05) is 0 Å². The van der Waals surface area contributed by atoms with Crippen LogP contribution in [0.2, 0.25) is 0 Å². The average Bonchev–Trinajstić information content (AvgIpc) is 2.16. The molecular weight excluding hydrogens is 211 g/mol. The topological polar surface area (TPSA) is 47.3 Å². The lowest BCUT2D eigenvalue weighted by molar-refractivity contribution is -0.141. The van der Waals surface area contributed by atoms with Crippen LogP contribution in [-0.4, -0.2) is 14.6 Å². The summed E-state index contributed by atoms with van der Waals surface area (Å²) < 4.78 is 37.6. The zero-order chi connectivity index (χ0) is 11.1. The average molecular weight is 215 g/mol. The van der Waals surface area contributed by atoms with Crippen LogP contribution in [0.5, 0.6) is 0 Å². The van der Waals surface area contributed by atoms with E-state index in [2.05, 4.69) is 10.1 Å². The van der Waals surface area contributed by atoms with Crippen molar-refractivity contribution >= 4 is 5.65 Å². The van der Waals surface area contributed by atoms with Crippen molar-refractivity contribution in [3.05, 3.63) is 40.4 Å². The van der Waals surface area contributed by atoms with Crippen molar-refractivity contribution in [2.24, 2.45) is 0 Å². The minimum Gasteiger partial charge on any atom is -0.267 e. The molecule has 0 aliphatic heterocycles. The summed E-state index contributed by atoms with van der Waals surface area (Å²) in [4.78, 5) is 14.5. The summed E-state index contributed by atoms with van der Waals surface area (Å²) >= 11 is 0. The van der Waals surface area contributed by atoms with Gasteiger partial charge >= 0.3 is 6.18 Å². The molecule has 0 aliphatic carbocycles. The monoisotopic (exact) mass is 215 g/mol. The number of nitrogens with zero attached hydrogens (tertiary/aromatic N) is 3. The number of fused-ring (bicyclic) bond motifs is 1. The molecule has 7 heteroatoms. The lowest BCUT2D eigenvalue weighted by Crippen LogP contribution is -2.21. The van der Waals surface area contributed by atoms with E-state index in [1.54, 1.807) is 0 Å². The van der Waals surface area contributed by atoms with Crippen LogP contribution in [0.25, 0.3) is 5.65 Å². The summed E-state index contributed by atoms with van der Waals surface area (Å²) in [5.41, 5.74) is -2.19. The summed E-state index contributed by atoms with van der Waals surface area (Å²) in [6, 6.07) is 3.10. The summed E-state index contributed by atoms with van der Waals surface area (Å²) in [6.45, 7) is 0. The van der Waals surface area contributed by atoms with E-state index in [4.69, 9.17) is 0 Å². The summed E-state index contributed by atoms with van der Waals surface area (Å²) in [7, 11) is 0. The van der Waals surface area contributed by atoms with Gasteiger partial charge in [-0.1, -0.05) is 0 Å². The molecule has 0 N–H and O–H groups in total. The number of alkyl halides is 3. The fourth-order valence-corrected chi connectivity index (χ4v) is 1.10. The molecule has 0 saturated carbocycles. The van der Waals surface area contributed by atoms with Gasteiger partial charge in [-0.05, 0) is 12.1 Å². The van der Waals surface area contributed by atoms with Gasteiger partial charge in [0.15, 0.2) is 11.3 Å². The summed E-state index contributed by atoms with van der Waals surface area (Å²) in [5, 5.41) is 3.58. The quantitative estimate of drug-likeness (QED) is 0.661. The normalized spacial score (nSPS) is 11.9. The number of halogens is 3. The summed E-state index contributed by atoms with van der Waals surface area (Å²) in [5.74, 6) is 0. The maximum atomic E-state index is 12.3. The maximum absolute atomic E-state index is 12.3. The highest BCUT2D eigenvalue weighted by molar-refractivity contribution is 5.36. The van der Waals surface area contributed by atoms with Gasteiger partial charge in [0.1, 0.15) is 0 Å². The van der Waals surface area contributed by atoms with Gasteiger partial charge in [-0.3, -0.25) is 4.79 Å². The predicted molar refractivity (Wildman–Crippen MR) is 44.3 cm³/mol. The Morgan fingerprint density at radius 1 is 1.33 bits per heavy atom. The van der Waals surface area contributed by atoms with Crippen LogP contribution in [0.1, 0.15) is 5.69 Å². The van der Waals surface area contributed by atoms with Gasteiger partial charge in [0.05, 0.1) is 0 Å². The smallest absolute Gasteiger partial charge is 0.267 e. The largest absolute Gasteiger partial charge is 0.433 e. The van der Waals surface area contributed by atoms with Crippen molar-refractivity contribution in [2.45, 2.75) is 6.18 Å². The Kier molecular flexibility index (Phi) is 1.95. The molecule has 0 amide bonds. The Bertz CT molecular complexity index is 561. The molecule has 0 radical (unpaired) electrons. The van der Waals surface area contributed by atoms with E-state index in [0.29, 0.717) is 6.07 Å². The Hall–Kier alpha value is -1.92. The highest BCUT2D eigenvalue weighted by Crippen LogP contribution is 2.26. The van der Waals surface area contributed by atoms with Gasteiger partial charge in [-0.2, -0.15) is 22.8 Å². The summed E-state index contributed by atoms with van der Waals surface area (Å²) in [6.07, 6.45) is -3.33. The van der Waals surface area contributed by atoms with Gasteiger partial charge in [-0.15, -0.1) is 0 Å². The van der Waals surface area contributed by atoms with E-state index in [1.807, 2.05) is 0 Å². The first-order valence-corrected chi connectivity index (χ1v) is 3.91. The lowest BCUT2D eigenvalue weighted by atomic mass is 10.4. The first-order chi connectivity index (χ1) is 6.98. The minimum absolute atomic E-state index is 0.127. The molecule has 78 valence electrons. The number of rotatable bonds is 0. The van der Waals surface area contributed by atoms with Gasteiger partial charge in [0.2, 0.25) is 0 Å². The molecule has 0 aliphatic rings. The third kappa shape index (κ3) is 1.67. The van der Waals surface area contributed by atoms with Crippen molar-refractivity contribution < 1.29 is 13.2 Å². The van der Waals surface area contributed by atoms with Crippen LogP contribution in [0.3, 0.4) is 0 Å². The molecule has 2 rings (SSSR count). The zero-order valence-corrected chi connectivity index (χ0v) is 7.19.